The largest absolute Gasteiger partial charge is 0.481 e. The third-order valence-corrected chi connectivity index (χ3v) is 7.59. The van der Waals surface area contributed by atoms with Crippen molar-refractivity contribution in [2.45, 2.75) is 75.6 Å². The fourth-order valence-corrected chi connectivity index (χ4v) is 5.70. The van der Waals surface area contributed by atoms with Crippen LogP contribution >= 0.6 is 0 Å². The molecule has 2 unspecified atom stereocenters. The van der Waals surface area contributed by atoms with Crippen molar-refractivity contribution in [3.63, 3.8) is 0 Å². The molecule has 0 saturated heterocycles. The average Bonchev–Trinajstić information content (AvgIpc) is 2.86. The number of fused-ring (bicyclic) bond motifs is 2. The third kappa shape index (κ3) is 6.42. The topological polar surface area (TPSA) is 69.6 Å². The van der Waals surface area contributed by atoms with Crippen LogP contribution in [0.1, 0.15) is 80.5 Å². The second-order valence-corrected chi connectivity index (χ2v) is 10.2. The van der Waals surface area contributed by atoms with Crippen molar-refractivity contribution in [3.8, 4) is 0 Å². The third-order valence-electron chi connectivity index (χ3n) is 6.17. The molecule has 2 atom stereocenters. The quantitative estimate of drug-likeness (QED) is 0.400. The first-order chi connectivity index (χ1) is 15.5. The highest BCUT2D eigenvalue weighted by Crippen LogP contribution is 2.38. The van der Waals surface area contributed by atoms with E-state index in [0.717, 1.165) is 53.9 Å². The number of carboxylic acid groups (broad SMARTS) is 1. The van der Waals surface area contributed by atoms with Crippen LogP contribution < -0.4 is 9.62 Å². The van der Waals surface area contributed by atoms with Crippen LogP contribution in [0.25, 0.3) is 0 Å². The summed E-state index contributed by atoms with van der Waals surface area (Å²) in [6.45, 7) is 2.96. The highest BCUT2D eigenvalue weighted by Gasteiger charge is 2.29. The highest BCUT2D eigenvalue weighted by atomic mass is 32.2. The fourth-order valence-electron chi connectivity index (χ4n) is 4.38. The van der Waals surface area contributed by atoms with Crippen LogP contribution in [0.15, 0.2) is 47.4 Å². The normalized spacial score (nSPS) is 17.5. The molecule has 0 saturated carbocycles. The highest BCUT2D eigenvalue weighted by molar-refractivity contribution is 7.86. The zero-order valence-corrected chi connectivity index (χ0v) is 20.1. The Bertz CT molecular complexity index is 931. The van der Waals surface area contributed by atoms with E-state index in [1.807, 2.05) is 24.3 Å². The van der Waals surface area contributed by atoms with Crippen molar-refractivity contribution in [2.75, 3.05) is 17.9 Å². The summed E-state index contributed by atoms with van der Waals surface area (Å²) in [5.74, 6) is -0.690. The van der Waals surface area contributed by atoms with E-state index in [4.69, 9.17) is 5.11 Å². The standard InChI is InChI=1S/C26H36N2O3S/c1-20-16-17-22-24(19-20)32(31)28(2)23-14-11-10-13-21(23)26(22)27-18-12-8-6-4-3-5-7-9-15-25(29)30/h10-11,13-14,16-17,19,26-27H,3-9,12,15,18H2,1-2H3,(H,29,30). The van der Waals surface area contributed by atoms with Crippen molar-refractivity contribution < 1.29 is 14.1 Å². The molecule has 0 spiro atoms. The molecule has 3 rings (SSSR count). The van der Waals surface area contributed by atoms with Gasteiger partial charge in [0.15, 0.2) is 11.0 Å². The number of benzene rings is 2. The van der Waals surface area contributed by atoms with E-state index in [1.54, 1.807) is 0 Å². The summed E-state index contributed by atoms with van der Waals surface area (Å²) in [5, 5.41) is 12.4. The number of carboxylic acids is 1. The molecule has 6 heteroatoms. The Labute approximate surface area is 194 Å². The number of unbranched alkanes of at least 4 members (excludes halogenated alkanes) is 7. The van der Waals surface area contributed by atoms with Crippen LogP contribution in [0.2, 0.25) is 0 Å². The Morgan fingerprint density at radius 1 is 0.969 bits per heavy atom. The lowest BCUT2D eigenvalue weighted by atomic mass is 9.96. The number of aliphatic carboxylic acids is 1. The smallest absolute Gasteiger partial charge is 0.303 e. The molecule has 1 aliphatic heterocycles. The number of carbonyl (C=O) groups is 1. The van der Waals surface area contributed by atoms with E-state index in [1.165, 1.54) is 31.2 Å². The molecule has 0 aromatic heterocycles. The minimum absolute atomic E-state index is 0.0323. The zero-order chi connectivity index (χ0) is 22.9. The number of nitrogens with one attached hydrogen (secondary N) is 1. The Morgan fingerprint density at radius 2 is 1.62 bits per heavy atom. The molecule has 0 amide bonds. The van der Waals surface area contributed by atoms with Gasteiger partial charge in [0.2, 0.25) is 0 Å². The molecule has 0 fully saturated rings. The average molecular weight is 457 g/mol. The maximum absolute atomic E-state index is 13.3. The maximum atomic E-state index is 13.3. The lowest BCUT2D eigenvalue weighted by molar-refractivity contribution is -0.137. The fraction of sp³-hybridized carbons (Fsp3) is 0.500. The molecule has 0 aliphatic carbocycles. The van der Waals surface area contributed by atoms with Gasteiger partial charge in [-0.25, -0.2) is 4.21 Å². The van der Waals surface area contributed by atoms with E-state index >= 15 is 0 Å². The van der Waals surface area contributed by atoms with Crippen LogP contribution in [-0.4, -0.2) is 28.9 Å². The molecule has 5 nitrogen and oxygen atoms in total. The lowest BCUT2D eigenvalue weighted by Gasteiger charge is -2.22. The predicted molar refractivity (Wildman–Crippen MR) is 131 cm³/mol. The Balaban J connectivity index is 1.53. The molecule has 1 aliphatic rings. The molecule has 32 heavy (non-hydrogen) atoms. The Morgan fingerprint density at radius 3 is 2.34 bits per heavy atom. The van der Waals surface area contributed by atoms with Gasteiger partial charge in [-0.1, -0.05) is 68.9 Å². The van der Waals surface area contributed by atoms with Gasteiger partial charge in [-0.15, -0.1) is 0 Å². The van der Waals surface area contributed by atoms with Crippen molar-refractivity contribution in [1.82, 2.24) is 5.32 Å². The monoisotopic (exact) mass is 456 g/mol. The molecule has 2 aromatic rings. The number of hydrogen-bond acceptors (Lipinski definition) is 3. The molecule has 2 N–H and O–H groups in total. The van der Waals surface area contributed by atoms with Crippen molar-refractivity contribution in [1.29, 1.82) is 0 Å². The van der Waals surface area contributed by atoms with Crippen LogP contribution in [0.4, 0.5) is 5.69 Å². The number of aryl methyl sites for hydroxylation is 1. The zero-order valence-electron chi connectivity index (χ0n) is 19.3. The van der Waals surface area contributed by atoms with Gasteiger partial charge in [0.05, 0.1) is 16.6 Å². The maximum Gasteiger partial charge on any atom is 0.303 e. The summed E-state index contributed by atoms with van der Waals surface area (Å²) in [7, 11) is 0.681. The van der Waals surface area contributed by atoms with Gasteiger partial charge in [0.1, 0.15) is 0 Å². The van der Waals surface area contributed by atoms with Crippen LogP contribution in [0, 0.1) is 6.92 Å². The summed E-state index contributed by atoms with van der Waals surface area (Å²) < 4.78 is 15.1. The van der Waals surface area contributed by atoms with Crippen LogP contribution in [-0.2, 0) is 15.8 Å². The summed E-state index contributed by atoms with van der Waals surface area (Å²) in [5.41, 5.74) is 4.41. The molecule has 0 bridgehead atoms. The molecule has 0 radical (unpaired) electrons. The minimum Gasteiger partial charge on any atom is -0.481 e. The minimum atomic E-state index is -1.23. The molecular formula is C26H36N2O3S. The Hall–Kier alpha value is -2.18. The van der Waals surface area contributed by atoms with Gasteiger partial charge < -0.3 is 10.4 Å². The number of para-hydroxylation sites is 1. The van der Waals surface area contributed by atoms with Crippen molar-refractivity contribution in [2.24, 2.45) is 0 Å². The van der Waals surface area contributed by atoms with E-state index in [-0.39, 0.29) is 6.04 Å². The SMILES string of the molecule is Cc1ccc2c(c1)S(=O)N(C)c1ccccc1C2NCCCCCCCCCCC(=O)O. The van der Waals surface area contributed by atoms with E-state index in [0.29, 0.717) is 6.42 Å². The summed E-state index contributed by atoms with van der Waals surface area (Å²) >= 11 is 0. The van der Waals surface area contributed by atoms with Crippen LogP contribution in [0.3, 0.4) is 0 Å². The van der Waals surface area contributed by atoms with Crippen molar-refractivity contribution >= 4 is 22.6 Å². The van der Waals surface area contributed by atoms with Gasteiger partial charge in [-0.05, 0) is 55.1 Å². The number of rotatable bonds is 12. The second kappa shape index (κ2) is 12.2. The Kier molecular flexibility index (Phi) is 9.30. The summed E-state index contributed by atoms with van der Waals surface area (Å²) in [6.07, 6.45) is 9.14. The summed E-state index contributed by atoms with van der Waals surface area (Å²) in [4.78, 5) is 11.4. The van der Waals surface area contributed by atoms with Crippen molar-refractivity contribution in [3.05, 3.63) is 59.2 Å². The van der Waals surface area contributed by atoms with Gasteiger partial charge in [-0.3, -0.25) is 9.10 Å². The number of anilines is 1. The van der Waals surface area contributed by atoms with Gasteiger partial charge in [0.25, 0.3) is 0 Å². The first-order valence-electron chi connectivity index (χ1n) is 11.8. The first kappa shape index (κ1) is 24.5. The number of nitrogens with zero attached hydrogens (tertiary/aromatic N) is 1. The van der Waals surface area contributed by atoms with Crippen LogP contribution in [0.5, 0.6) is 0 Å². The summed E-state index contributed by atoms with van der Waals surface area (Å²) in [6, 6.07) is 14.6. The van der Waals surface area contributed by atoms with Gasteiger partial charge in [-0.2, -0.15) is 0 Å². The van der Waals surface area contributed by atoms with E-state index in [9.17, 15) is 9.00 Å². The molecule has 174 valence electrons. The molecule has 2 aromatic carbocycles. The second-order valence-electron chi connectivity index (χ2n) is 8.71. The van der Waals surface area contributed by atoms with E-state index in [2.05, 4.69) is 41.7 Å². The van der Waals surface area contributed by atoms with E-state index < -0.39 is 17.0 Å². The van der Waals surface area contributed by atoms with Gasteiger partial charge >= 0.3 is 5.97 Å². The predicted octanol–water partition coefficient (Wildman–Crippen LogP) is 5.74. The lowest BCUT2D eigenvalue weighted by Crippen LogP contribution is -2.24. The number of hydrogen-bond donors (Lipinski definition) is 2. The van der Waals surface area contributed by atoms with Gasteiger partial charge in [0, 0.05) is 13.5 Å². The first-order valence-corrected chi connectivity index (χ1v) is 12.9. The molecular weight excluding hydrogens is 420 g/mol. The molecule has 1 heterocycles.